The first-order valence-corrected chi connectivity index (χ1v) is 9.78. The molecule has 0 unspecified atom stereocenters. The molecular weight excluding hydrogens is 535 g/mol. The fourth-order valence-corrected chi connectivity index (χ4v) is 3.86. The number of sulfonamides is 1. The van der Waals surface area contributed by atoms with E-state index in [2.05, 4.69) is 15.6 Å². The molecule has 0 aliphatic rings. The average Bonchev–Trinajstić information content (AvgIpc) is 3.04. The van der Waals surface area contributed by atoms with Crippen molar-refractivity contribution in [2.75, 3.05) is 7.05 Å². The van der Waals surface area contributed by atoms with Crippen molar-refractivity contribution in [3.05, 3.63) is 52.2 Å². The second kappa shape index (κ2) is 9.84. The highest BCUT2D eigenvalue weighted by Crippen LogP contribution is 2.32. The van der Waals surface area contributed by atoms with Gasteiger partial charge in [-0.15, -0.1) is 35.3 Å². The number of guanidine groups is 1. The Balaban J connectivity index is 0.00000392. The third-order valence-corrected chi connectivity index (χ3v) is 5.92. The van der Waals surface area contributed by atoms with E-state index in [0.29, 0.717) is 10.9 Å². The zero-order valence-corrected chi connectivity index (χ0v) is 18.3. The minimum absolute atomic E-state index is 0. The summed E-state index contributed by atoms with van der Waals surface area (Å²) in [4.78, 5) is 4.52. The predicted octanol–water partition coefficient (Wildman–Crippen LogP) is 3.04. The van der Waals surface area contributed by atoms with Gasteiger partial charge in [0.1, 0.15) is 10.0 Å². The van der Waals surface area contributed by atoms with Crippen LogP contribution in [-0.4, -0.2) is 21.4 Å². The molecule has 156 valence electrons. The number of halogens is 5. The molecule has 6 nitrogen and oxygen atoms in total. The summed E-state index contributed by atoms with van der Waals surface area (Å²) in [6, 6.07) is 5.36. The molecule has 13 heteroatoms. The summed E-state index contributed by atoms with van der Waals surface area (Å²) in [7, 11) is -2.36. The van der Waals surface area contributed by atoms with Crippen molar-refractivity contribution >= 4 is 51.3 Å². The maximum atomic E-state index is 13.1. The van der Waals surface area contributed by atoms with E-state index >= 15 is 0 Å². The Hall–Kier alpha value is -1.45. The molecule has 0 fully saturated rings. The van der Waals surface area contributed by atoms with E-state index in [1.165, 1.54) is 13.1 Å². The second-order valence-electron chi connectivity index (χ2n) is 5.34. The predicted molar refractivity (Wildman–Crippen MR) is 110 cm³/mol. The topological polar surface area (TPSA) is 96.6 Å². The molecule has 0 aliphatic carbocycles. The number of alkyl halides is 3. The van der Waals surface area contributed by atoms with Crippen LogP contribution < -0.4 is 15.8 Å². The quantitative estimate of drug-likeness (QED) is 0.230. The van der Waals surface area contributed by atoms with Gasteiger partial charge < -0.3 is 10.6 Å². The number of hydrogen-bond acceptors (Lipinski definition) is 4. The van der Waals surface area contributed by atoms with E-state index in [1.807, 2.05) is 0 Å². The maximum Gasteiger partial charge on any atom is 0.416 e. The van der Waals surface area contributed by atoms with E-state index in [4.69, 9.17) is 5.14 Å². The SMILES string of the molecule is CN=C(NCc1ccc(S(N)(=O)=O)s1)NCc1ccc(F)cc1C(F)(F)F.I. The molecule has 28 heavy (non-hydrogen) atoms. The molecule has 0 radical (unpaired) electrons. The number of primary sulfonamides is 1. The van der Waals surface area contributed by atoms with E-state index in [1.54, 1.807) is 6.07 Å². The summed E-state index contributed by atoms with van der Waals surface area (Å²) < 4.78 is 74.6. The van der Waals surface area contributed by atoms with Crippen molar-refractivity contribution in [1.82, 2.24) is 10.6 Å². The van der Waals surface area contributed by atoms with Crippen molar-refractivity contribution in [2.45, 2.75) is 23.5 Å². The molecule has 1 aromatic carbocycles. The molecule has 0 spiro atoms. The summed E-state index contributed by atoms with van der Waals surface area (Å²) in [5.41, 5.74) is -1.21. The van der Waals surface area contributed by atoms with Crippen LogP contribution >= 0.6 is 35.3 Å². The lowest BCUT2D eigenvalue weighted by atomic mass is 10.1. The smallest absolute Gasteiger partial charge is 0.352 e. The lowest BCUT2D eigenvalue weighted by Crippen LogP contribution is -2.36. The molecular formula is C15H17F4IN4O2S2. The summed E-state index contributed by atoms with van der Waals surface area (Å²) in [6.07, 6.45) is -4.68. The first-order chi connectivity index (χ1) is 12.5. The highest BCUT2D eigenvalue weighted by Gasteiger charge is 2.33. The maximum absolute atomic E-state index is 13.1. The summed E-state index contributed by atoms with van der Waals surface area (Å²) in [5, 5.41) is 10.6. The Bertz CT molecular complexity index is 946. The Labute approximate surface area is 180 Å². The normalized spacial score (nSPS) is 12.4. The van der Waals surface area contributed by atoms with Crippen LogP contribution in [0.4, 0.5) is 17.6 Å². The van der Waals surface area contributed by atoms with Crippen molar-refractivity contribution in [3.63, 3.8) is 0 Å². The zero-order valence-electron chi connectivity index (χ0n) is 14.4. The zero-order chi connectivity index (χ0) is 20.2. The molecule has 1 aromatic heterocycles. The Kier molecular flexibility index (Phi) is 8.64. The first kappa shape index (κ1) is 24.6. The molecule has 0 amide bonds. The van der Waals surface area contributed by atoms with Gasteiger partial charge in [-0.25, -0.2) is 17.9 Å². The monoisotopic (exact) mass is 552 g/mol. The van der Waals surface area contributed by atoms with E-state index < -0.39 is 27.6 Å². The molecule has 2 rings (SSSR count). The average molecular weight is 552 g/mol. The van der Waals surface area contributed by atoms with Gasteiger partial charge in [0.05, 0.1) is 12.1 Å². The van der Waals surface area contributed by atoms with E-state index in [-0.39, 0.29) is 52.8 Å². The molecule has 1 heterocycles. The van der Waals surface area contributed by atoms with Crippen LogP contribution in [0.1, 0.15) is 16.0 Å². The molecule has 0 bridgehead atoms. The largest absolute Gasteiger partial charge is 0.416 e. The number of rotatable bonds is 5. The lowest BCUT2D eigenvalue weighted by Gasteiger charge is -2.15. The van der Waals surface area contributed by atoms with Crippen LogP contribution in [0.25, 0.3) is 0 Å². The van der Waals surface area contributed by atoms with Crippen LogP contribution in [0.5, 0.6) is 0 Å². The van der Waals surface area contributed by atoms with E-state index in [9.17, 15) is 26.0 Å². The number of thiophene rings is 1. The van der Waals surface area contributed by atoms with Crippen molar-refractivity contribution in [2.24, 2.45) is 10.1 Å². The highest BCUT2D eigenvalue weighted by atomic mass is 127. The van der Waals surface area contributed by atoms with Gasteiger partial charge in [0.15, 0.2) is 5.96 Å². The van der Waals surface area contributed by atoms with Gasteiger partial charge in [-0.1, -0.05) is 6.07 Å². The number of hydrogen-bond donors (Lipinski definition) is 3. The fraction of sp³-hybridized carbons (Fsp3) is 0.267. The number of nitrogens with zero attached hydrogens (tertiary/aromatic N) is 1. The molecule has 2 aromatic rings. The van der Waals surface area contributed by atoms with Crippen molar-refractivity contribution in [1.29, 1.82) is 0 Å². The highest BCUT2D eigenvalue weighted by molar-refractivity contribution is 14.0. The Morgan fingerprint density at radius 2 is 1.82 bits per heavy atom. The van der Waals surface area contributed by atoms with Crippen LogP contribution in [0.15, 0.2) is 39.5 Å². The molecule has 0 saturated carbocycles. The van der Waals surface area contributed by atoms with Gasteiger partial charge in [-0.3, -0.25) is 4.99 Å². The standard InChI is InChI=1S/C15H16F4N4O2S2.HI/c1-21-14(23-8-11-4-5-13(26-11)27(20,24)25)22-7-9-2-3-10(16)6-12(9)15(17,18)19;/h2-6H,7-8H2,1H3,(H2,20,24,25)(H2,21,22,23);1H. The second-order valence-corrected chi connectivity index (χ2v) is 8.30. The summed E-state index contributed by atoms with van der Waals surface area (Å²) in [5.74, 6) is -0.782. The first-order valence-electron chi connectivity index (χ1n) is 7.42. The lowest BCUT2D eigenvalue weighted by molar-refractivity contribution is -0.138. The number of nitrogens with one attached hydrogen (secondary N) is 2. The molecule has 0 atom stereocenters. The van der Waals surface area contributed by atoms with E-state index in [0.717, 1.165) is 23.5 Å². The van der Waals surface area contributed by atoms with Crippen LogP contribution in [0, 0.1) is 5.82 Å². The van der Waals surface area contributed by atoms with Gasteiger partial charge in [-0.2, -0.15) is 13.2 Å². The molecule has 0 saturated heterocycles. The van der Waals surface area contributed by atoms with Crippen LogP contribution in [-0.2, 0) is 29.3 Å². The number of aliphatic imine (C=N–C) groups is 1. The molecule has 4 N–H and O–H groups in total. The number of benzene rings is 1. The summed E-state index contributed by atoms with van der Waals surface area (Å²) >= 11 is 0.966. The third kappa shape index (κ3) is 6.86. The molecule has 0 aliphatic heterocycles. The minimum atomic E-state index is -4.68. The van der Waals surface area contributed by atoms with Gasteiger partial charge in [0.25, 0.3) is 0 Å². The Morgan fingerprint density at radius 3 is 2.36 bits per heavy atom. The minimum Gasteiger partial charge on any atom is -0.352 e. The van der Waals surface area contributed by atoms with Gasteiger partial charge >= 0.3 is 6.18 Å². The summed E-state index contributed by atoms with van der Waals surface area (Å²) in [6.45, 7) is -0.0446. The Morgan fingerprint density at radius 1 is 1.18 bits per heavy atom. The van der Waals surface area contributed by atoms with Gasteiger partial charge in [0, 0.05) is 18.5 Å². The number of nitrogens with two attached hydrogens (primary N) is 1. The van der Waals surface area contributed by atoms with Crippen LogP contribution in [0.2, 0.25) is 0 Å². The van der Waals surface area contributed by atoms with Crippen molar-refractivity contribution < 1.29 is 26.0 Å². The van der Waals surface area contributed by atoms with Crippen LogP contribution in [0.3, 0.4) is 0 Å². The van der Waals surface area contributed by atoms with Gasteiger partial charge in [0.2, 0.25) is 10.0 Å². The van der Waals surface area contributed by atoms with Gasteiger partial charge in [-0.05, 0) is 29.8 Å². The third-order valence-electron chi connectivity index (χ3n) is 3.39. The fourth-order valence-electron chi connectivity index (χ4n) is 2.14. The van der Waals surface area contributed by atoms with Crippen molar-refractivity contribution in [3.8, 4) is 0 Å².